The van der Waals surface area contributed by atoms with Gasteiger partial charge < -0.3 is 10.1 Å². The highest BCUT2D eigenvalue weighted by Crippen LogP contribution is 2.31. The van der Waals surface area contributed by atoms with Crippen LogP contribution in [0.3, 0.4) is 0 Å². The van der Waals surface area contributed by atoms with Crippen molar-refractivity contribution in [3.63, 3.8) is 0 Å². The number of aromatic hydroxyl groups is 1. The van der Waals surface area contributed by atoms with Gasteiger partial charge in [0, 0.05) is 16.5 Å². The van der Waals surface area contributed by atoms with Crippen molar-refractivity contribution in [1.29, 1.82) is 5.26 Å². The number of fused-ring (bicyclic) bond motifs is 1. The highest BCUT2D eigenvalue weighted by molar-refractivity contribution is 7.17. The maximum Gasteiger partial charge on any atom is 0.270 e. The van der Waals surface area contributed by atoms with E-state index < -0.39 is 5.56 Å². The van der Waals surface area contributed by atoms with E-state index in [0.717, 1.165) is 5.56 Å². The van der Waals surface area contributed by atoms with E-state index in [0.29, 0.717) is 15.8 Å². The van der Waals surface area contributed by atoms with Gasteiger partial charge in [-0.15, -0.1) is 11.3 Å². The Morgan fingerprint density at radius 1 is 1.19 bits per heavy atom. The monoisotopic (exact) mass is 292 g/mol. The predicted octanol–water partition coefficient (Wildman–Crippen LogP) is 2.57. The van der Waals surface area contributed by atoms with Gasteiger partial charge in [0.2, 0.25) is 0 Å². The first-order valence-corrected chi connectivity index (χ1v) is 6.92. The summed E-state index contributed by atoms with van der Waals surface area (Å²) in [4.78, 5) is 14.7. The topological polar surface area (TPSA) is 76.9 Å². The largest absolute Gasteiger partial charge is 0.506 e. The van der Waals surface area contributed by atoms with Crippen molar-refractivity contribution in [1.82, 2.24) is 4.98 Å². The SMILES string of the molecule is N#Cc1c(O)c2c(C#Cc3ccccc3)csc2[nH]c1=O. The molecule has 0 aliphatic carbocycles. The number of nitrogens with one attached hydrogen (secondary N) is 1. The average molecular weight is 292 g/mol. The van der Waals surface area contributed by atoms with Crippen molar-refractivity contribution in [2.75, 3.05) is 0 Å². The van der Waals surface area contributed by atoms with Crippen LogP contribution in [-0.2, 0) is 0 Å². The lowest BCUT2D eigenvalue weighted by atomic mass is 10.1. The molecule has 0 atom stereocenters. The summed E-state index contributed by atoms with van der Waals surface area (Å²) in [6.45, 7) is 0. The summed E-state index contributed by atoms with van der Waals surface area (Å²) in [5.41, 5.74) is 0.556. The van der Waals surface area contributed by atoms with Gasteiger partial charge in [-0.25, -0.2) is 0 Å². The fourth-order valence-corrected chi connectivity index (χ4v) is 2.83. The lowest BCUT2D eigenvalue weighted by Crippen LogP contribution is -2.09. The predicted molar refractivity (Wildman–Crippen MR) is 81.2 cm³/mol. The second kappa shape index (κ2) is 5.16. The molecule has 0 aliphatic heterocycles. The number of rotatable bonds is 0. The van der Waals surface area contributed by atoms with Gasteiger partial charge in [-0.3, -0.25) is 4.79 Å². The van der Waals surface area contributed by atoms with Gasteiger partial charge in [0.25, 0.3) is 5.56 Å². The van der Waals surface area contributed by atoms with Crippen LogP contribution in [0.5, 0.6) is 5.75 Å². The number of benzene rings is 1. The van der Waals surface area contributed by atoms with E-state index in [1.54, 1.807) is 11.4 Å². The maximum absolute atomic E-state index is 11.6. The highest BCUT2D eigenvalue weighted by atomic mass is 32.1. The van der Waals surface area contributed by atoms with Crippen LogP contribution in [0.2, 0.25) is 0 Å². The summed E-state index contributed by atoms with van der Waals surface area (Å²) in [6, 6.07) is 11.1. The number of pyridine rings is 1. The molecule has 2 aromatic heterocycles. The first-order valence-electron chi connectivity index (χ1n) is 6.04. The quantitative estimate of drug-likeness (QED) is 0.625. The minimum atomic E-state index is -0.591. The lowest BCUT2D eigenvalue weighted by Gasteiger charge is -1.98. The van der Waals surface area contributed by atoms with Crippen LogP contribution < -0.4 is 5.56 Å². The molecular weight excluding hydrogens is 284 g/mol. The summed E-state index contributed by atoms with van der Waals surface area (Å²) < 4.78 is 0. The Balaban J connectivity index is 2.20. The van der Waals surface area contributed by atoms with Crippen molar-refractivity contribution in [3.8, 4) is 23.7 Å². The number of hydrogen-bond donors (Lipinski definition) is 2. The number of hydrogen-bond acceptors (Lipinski definition) is 4. The summed E-state index contributed by atoms with van der Waals surface area (Å²) in [7, 11) is 0. The molecule has 4 nitrogen and oxygen atoms in total. The minimum Gasteiger partial charge on any atom is -0.506 e. The number of H-pyrrole nitrogens is 1. The summed E-state index contributed by atoms with van der Waals surface area (Å²) >= 11 is 1.27. The Hall–Kier alpha value is -3.02. The third-order valence-corrected chi connectivity index (χ3v) is 3.84. The van der Waals surface area contributed by atoms with E-state index in [1.807, 2.05) is 30.3 Å². The fourth-order valence-electron chi connectivity index (χ4n) is 1.94. The molecular formula is C16H8N2O2S. The van der Waals surface area contributed by atoms with Crippen LogP contribution in [0, 0.1) is 23.2 Å². The van der Waals surface area contributed by atoms with Crippen molar-refractivity contribution < 1.29 is 5.11 Å². The third-order valence-electron chi connectivity index (χ3n) is 2.95. The van der Waals surface area contributed by atoms with Crippen LogP contribution in [0.15, 0.2) is 40.5 Å². The first-order chi connectivity index (χ1) is 10.2. The first kappa shape index (κ1) is 13.0. The van der Waals surface area contributed by atoms with Crippen molar-refractivity contribution in [2.45, 2.75) is 0 Å². The highest BCUT2D eigenvalue weighted by Gasteiger charge is 2.15. The smallest absolute Gasteiger partial charge is 0.270 e. The lowest BCUT2D eigenvalue weighted by molar-refractivity contribution is 0.478. The molecule has 3 aromatic rings. The van der Waals surface area contributed by atoms with Crippen molar-refractivity contribution in [2.24, 2.45) is 0 Å². The minimum absolute atomic E-state index is 0.288. The van der Waals surface area contributed by atoms with E-state index >= 15 is 0 Å². The van der Waals surface area contributed by atoms with Gasteiger partial charge in [-0.1, -0.05) is 30.0 Å². The van der Waals surface area contributed by atoms with Crippen LogP contribution in [0.1, 0.15) is 16.7 Å². The Morgan fingerprint density at radius 2 is 1.95 bits per heavy atom. The molecule has 1 aromatic carbocycles. The summed E-state index contributed by atoms with van der Waals surface area (Å²) in [5, 5.41) is 21.2. The normalized spacial score (nSPS) is 9.86. The third kappa shape index (κ3) is 2.27. The number of aromatic nitrogens is 1. The van der Waals surface area contributed by atoms with Gasteiger partial charge in [-0.05, 0) is 12.1 Å². The van der Waals surface area contributed by atoms with Crippen LogP contribution in [0.25, 0.3) is 10.2 Å². The fraction of sp³-hybridized carbons (Fsp3) is 0. The number of nitrogens with zero attached hydrogens (tertiary/aromatic N) is 1. The maximum atomic E-state index is 11.6. The molecule has 2 heterocycles. The van der Waals surface area contributed by atoms with Gasteiger partial charge >= 0.3 is 0 Å². The van der Waals surface area contributed by atoms with Crippen molar-refractivity contribution >= 4 is 21.6 Å². The number of nitriles is 1. The van der Waals surface area contributed by atoms with E-state index in [4.69, 9.17) is 5.26 Å². The Kier molecular flexibility index (Phi) is 3.19. The zero-order valence-corrected chi connectivity index (χ0v) is 11.5. The molecule has 0 bridgehead atoms. The van der Waals surface area contributed by atoms with Crippen LogP contribution >= 0.6 is 11.3 Å². The summed E-state index contributed by atoms with van der Waals surface area (Å²) in [5.74, 6) is 5.64. The molecule has 21 heavy (non-hydrogen) atoms. The van der Waals surface area contributed by atoms with E-state index in [1.165, 1.54) is 11.3 Å². The van der Waals surface area contributed by atoms with E-state index in [2.05, 4.69) is 16.8 Å². The molecule has 0 unspecified atom stereocenters. The molecule has 3 rings (SSSR count). The Bertz CT molecular complexity index is 983. The zero-order chi connectivity index (χ0) is 14.8. The van der Waals surface area contributed by atoms with Gasteiger partial charge in [0.05, 0.1) is 5.39 Å². The molecule has 0 saturated heterocycles. The van der Waals surface area contributed by atoms with Gasteiger partial charge in [0.15, 0.2) is 5.56 Å². The van der Waals surface area contributed by atoms with Gasteiger partial charge in [0.1, 0.15) is 16.6 Å². The second-order valence-electron chi connectivity index (χ2n) is 4.26. The average Bonchev–Trinajstić information content (AvgIpc) is 2.89. The Labute approximate surface area is 123 Å². The molecule has 0 spiro atoms. The molecule has 2 N–H and O–H groups in total. The molecule has 5 heteroatoms. The Morgan fingerprint density at radius 3 is 2.67 bits per heavy atom. The standard InChI is InChI=1S/C16H8N2O2S/c17-8-12-14(19)13-11(9-21-16(13)18-15(12)20)7-6-10-4-2-1-3-5-10/h1-5,9H,(H2,18,19,20). The zero-order valence-electron chi connectivity index (χ0n) is 10.7. The van der Waals surface area contributed by atoms with E-state index in [-0.39, 0.29) is 11.3 Å². The molecule has 0 radical (unpaired) electrons. The van der Waals surface area contributed by atoms with Crippen LogP contribution in [0.4, 0.5) is 0 Å². The number of aromatic amines is 1. The second-order valence-corrected chi connectivity index (χ2v) is 5.14. The number of thiophene rings is 1. The van der Waals surface area contributed by atoms with E-state index in [9.17, 15) is 9.90 Å². The molecule has 0 aliphatic rings. The molecule has 0 saturated carbocycles. The van der Waals surface area contributed by atoms with Crippen molar-refractivity contribution in [3.05, 3.63) is 62.8 Å². The van der Waals surface area contributed by atoms with Gasteiger partial charge in [-0.2, -0.15) is 5.26 Å². The molecule has 0 fully saturated rings. The van der Waals surface area contributed by atoms with Crippen LogP contribution in [-0.4, -0.2) is 10.1 Å². The molecule has 0 amide bonds. The summed E-state index contributed by atoms with van der Waals surface area (Å²) in [6.07, 6.45) is 0. The molecule has 100 valence electrons.